The van der Waals surface area contributed by atoms with Gasteiger partial charge in [0.15, 0.2) is 0 Å². The third-order valence-corrected chi connectivity index (χ3v) is 1.72. The SMILES string of the molecule is Nc1cn(O)c2ccccc12. The van der Waals surface area contributed by atoms with Crippen LogP contribution < -0.4 is 5.73 Å². The van der Waals surface area contributed by atoms with E-state index in [1.54, 1.807) is 0 Å². The fraction of sp³-hybridized carbons (Fsp3) is 0. The van der Waals surface area contributed by atoms with Crippen LogP contribution in [-0.2, 0) is 0 Å². The Morgan fingerprint density at radius 3 is 2.73 bits per heavy atom. The van der Waals surface area contributed by atoms with Crippen LogP contribution >= 0.6 is 0 Å². The second kappa shape index (κ2) is 1.92. The number of nitrogen functional groups attached to an aromatic ring is 1. The molecule has 0 bridgehead atoms. The molecule has 0 saturated carbocycles. The standard InChI is InChI=1S/C8H8N2O/c9-7-5-10(11)8-4-2-1-3-6(7)8/h1-5,11H,9H2. The van der Waals surface area contributed by atoms with Gasteiger partial charge in [-0.25, -0.2) is 0 Å². The van der Waals surface area contributed by atoms with Crippen molar-refractivity contribution in [1.82, 2.24) is 4.73 Å². The Morgan fingerprint density at radius 2 is 2.00 bits per heavy atom. The van der Waals surface area contributed by atoms with Crippen molar-refractivity contribution in [2.24, 2.45) is 0 Å². The third kappa shape index (κ3) is 0.741. The van der Waals surface area contributed by atoms with Crippen LogP contribution in [0.3, 0.4) is 0 Å². The molecule has 0 saturated heterocycles. The van der Waals surface area contributed by atoms with Crippen LogP contribution in [0.25, 0.3) is 10.9 Å². The maximum Gasteiger partial charge on any atom is 0.0887 e. The Morgan fingerprint density at radius 1 is 1.27 bits per heavy atom. The summed E-state index contributed by atoms with van der Waals surface area (Å²) in [5.74, 6) is 0. The number of rotatable bonds is 0. The molecule has 2 rings (SSSR count). The summed E-state index contributed by atoms with van der Waals surface area (Å²) in [5, 5.41) is 10.1. The summed E-state index contributed by atoms with van der Waals surface area (Å²) in [4.78, 5) is 0. The summed E-state index contributed by atoms with van der Waals surface area (Å²) >= 11 is 0. The number of nitrogens with two attached hydrogens (primary N) is 1. The highest BCUT2D eigenvalue weighted by atomic mass is 16.5. The fourth-order valence-corrected chi connectivity index (χ4v) is 1.19. The van der Waals surface area contributed by atoms with Crippen LogP contribution in [0.5, 0.6) is 0 Å². The van der Waals surface area contributed by atoms with Gasteiger partial charge in [-0.2, -0.15) is 4.73 Å². The van der Waals surface area contributed by atoms with Gasteiger partial charge < -0.3 is 10.9 Å². The van der Waals surface area contributed by atoms with Crippen LogP contribution in [-0.4, -0.2) is 9.94 Å². The maximum atomic E-state index is 9.23. The van der Waals surface area contributed by atoms with Gasteiger partial charge >= 0.3 is 0 Å². The van der Waals surface area contributed by atoms with E-state index < -0.39 is 0 Å². The second-order valence-corrected chi connectivity index (χ2v) is 2.45. The zero-order valence-electron chi connectivity index (χ0n) is 5.86. The Hall–Kier alpha value is -1.64. The van der Waals surface area contributed by atoms with Crippen molar-refractivity contribution in [1.29, 1.82) is 0 Å². The molecule has 0 spiro atoms. The van der Waals surface area contributed by atoms with Crippen molar-refractivity contribution >= 4 is 16.6 Å². The van der Waals surface area contributed by atoms with E-state index in [1.165, 1.54) is 6.20 Å². The van der Waals surface area contributed by atoms with Crippen molar-refractivity contribution < 1.29 is 5.21 Å². The third-order valence-electron chi connectivity index (χ3n) is 1.72. The first kappa shape index (κ1) is 6.09. The molecule has 1 aromatic carbocycles. The number of hydrogen-bond acceptors (Lipinski definition) is 2. The Balaban J connectivity index is 2.95. The molecule has 0 aliphatic heterocycles. The molecule has 0 unspecified atom stereocenters. The molecule has 3 nitrogen and oxygen atoms in total. The number of fused-ring (bicyclic) bond motifs is 1. The fourth-order valence-electron chi connectivity index (χ4n) is 1.19. The zero-order chi connectivity index (χ0) is 7.84. The quantitative estimate of drug-likeness (QED) is 0.556. The molecule has 1 aromatic heterocycles. The number of benzene rings is 1. The van der Waals surface area contributed by atoms with E-state index >= 15 is 0 Å². The molecule has 2 aromatic rings. The second-order valence-electron chi connectivity index (χ2n) is 2.45. The van der Waals surface area contributed by atoms with E-state index in [9.17, 15) is 5.21 Å². The van der Waals surface area contributed by atoms with Crippen LogP contribution in [0.1, 0.15) is 0 Å². The van der Waals surface area contributed by atoms with Crippen molar-refractivity contribution in [3.05, 3.63) is 30.5 Å². The maximum absolute atomic E-state index is 9.23. The molecule has 0 radical (unpaired) electrons. The van der Waals surface area contributed by atoms with E-state index in [-0.39, 0.29) is 0 Å². The molecule has 0 atom stereocenters. The van der Waals surface area contributed by atoms with Gasteiger partial charge in [-0.3, -0.25) is 0 Å². The lowest BCUT2D eigenvalue weighted by atomic mass is 10.2. The van der Waals surface area contributed by atoms with E-state index in [0.717, 1.165) is 15.6 Å². The van der Waals surface area contributed by atoms with Gasteiger partial charge in [-0.15, -0.1) is 0 Å². The summed E-state index contributed by atoms with van der Waals surface area (Å²) in [5.41, 5.74) is 6.94. The molecule has 11 heavy (non-hydrogen) atoms. The summed E-state index contributed by atoms with van der Waals surface area (Å²) in [6.45, 7) is 0. The average Bonchev–Trinajstić information content (AvgIpc) is 2.30. The van der Waals surface area contributed by atoms with Gasteiger partial charge in [0.05, 0.1) is 17.4 Å². The van der Waals surface area contributed by atoms with Crippen molar-refractivity contribution in [2.75, 3.05) is 5.73 Å². The number of anilines is 1. The topological polar surface area (TPSA) is 51.2 Å². The molecule has 3 N–H and O–H groups in total. The van der Waals surface area contributed by atoms with Crippen LogP contribution in [0.15, 0.2) is 30.5 Å². The largest absolute Gasteiger partial charge is 0.428 e. The normalized spacial score (nSPS) is 10.5. The molecule has 0 fully saturated rings. The van der Waals surface area contributed by atoms with Gasteiger partial charge in [-0.1, -0.05) is 18.2 Å². The van der Waals surface area contributed by atoms with Crippen molar-refractivity contribution in [3.63, 3.8) is 0 Å². The molecule has 0 amide bonds. The minimum Gasteiger partial charge on any atom is -0.428 e. The number of hydrogen-bond donors (Lipinski definition) is 2. The molecule has 3 heteroatoms. The zero-order valence-corrected chi connectivity index (χ0v) is 5.86. The van der Waals surface area contributed by atoms with Gasteiger partial charge in [0.25, 0.3) is 0 Å². The Kier molecular flexibility index (Phi) is 1.06. The number of aromatic nitrogens is 1. The molecule has 0 aliphatic rings. The smallest absolute Gasteiger partial charge is 0.0887 e. The summed E-state index contributed by atoms with van der Waals surface area (Å²) in [6, 6.07) is 7.43. The highest BCUT2D eigenvalue weighted by molar-refractivity contribution is 5.91. The molecule has 0 aliphatic carbocycles. The van der Waals surface area contributed by atoms with Crippen LogP contribution in [0.4, 0.5) is 5.69 Å². The summed E-state index contributed by atoms with van der Waals surface area (Å²) < 4.78 is 1.03. The van der Waals surface area contributed by atoms with Crippen LogP contribution in [0.2, 0.25) is 0 Å². The molecule has 56 valence electrons. The lowest BCUT2D eigenvalue weighted by Crippen LogP contribution is -1.84. The highest BCUT2D eigenvalue weighted by Crippen LogP contribution is 2.20. The summed E-state index contributed by atoms with van der Waals surface area (Å²) in [7, 11) is 0. The van der Waals surface area contributed by atoms with E-state index in [1.807, 2.05) is 24.3 Å². The van der Waals surface area contributed by atoms with E-state index in [0.29, 0.717) is 5.69 Å². The first-order valence-corrected chi connectivity index (χ1v) is 3.34. The first-order valence-electron chi connectivity index (χ1n) is 3.34. The summed E-state index contributed by atoms with van der Waals surface area (Å²) in [6.07, 6.45) is 1.49. The Labute approximate surface area is 63.6 Å². The lowest BCUT2D eigenvalue weighted by Gasteiger charge is -1.91. The van der Waals surface area contributed by atoms with Gasteiger partial charge in [0.2, 0.25) is 0 Å². The van der Waals surface area contributed by atoms with Gasteiger partial charge in [-0.05, 0) is 6.07 Å². The van der Waals surface area contributed by atoms with Crippen LogP contribution in [0, 0.1) is 0 Å². The predicted octanol–water partition coefficient (Wildman–Crippen LogP) is 1.46. The van der Waals surface area contributed by atoms with E-state index in [4.69, 9.17) is 5.73 Å². The number of para-hydroxylation sites is 1. The van der Waals surface area contributed by atoms with E-state index in [2.05, 4.69) is 0 Å². The van der Waals surface area contributed by atoms with Crippen molar-refractivity contribution in [2.45, 2.75) is 0 Å². The molecular weight excluding hydrogens is 140 g/mol. The van der Waals surface area contributed by atoms with Gasteiger partial charge in [0.1, 0.15) is 0 Å². The lowest BCUT2D eigenvalue weighted by molar-refractivity contribution is 0.200. The minimum absolute atomic E-state index is 0.600. The highest BCUT2D eigenvalue weighted by Gasteiger charge is 2.01. The Bertz CT molecular complexity index is 356. The number of nitrogens with zero attached hydrogens (tertiary/aromatic N) is 1. The molecule has 1 heterocycles. The monoisotopic (exact) mass is 148 g/mol. The average molecular weight is 148 g/mol. The molecular formula is C8H8N2O. The first-order chi connectivity index (χ1) is 5.29. The van der Waals surface area contributed by atoms with Gasteiger partial charge in [0, 0.05) is 5.39 Å². The predicted molar refractivity (Wildman–Crippen MR) is 43.5 cm³/mol. The minimum atomic E-state index is 0.600. The van der Waals surface area contributed by atoms with Crippen molar-refractivity contribution in [3.8, 4) is 0 Å².